The highest BCUT2D eigenvalue weighted by Gasteiger charge is 2.30. The van der Waals surface area contributed by atoms with Gasteiger partial charge in [0.2, 0.25) is 15.9 Å². The highest BCUT2D eigenvalue weighted by atomic mass is 32.2. The summed E-state index contributed by atoms with van der Waals surface area (Å²) in [5.74, 6) is -0.532. The molecule has 0 spiro atoms. The molecular formula is C20H25FN2O4S. The molecule has 0 fully saturated rings. The molecule has 8 heteroatoms. The normalized spacial score (nSPS) is 12.3. The predicted molar refractivity (Wildman–Crippen MR) is 108 cm³/mol. The fourth-order valence-electron chi connectivity index (χ4n) is 2.77. The van der Waals surface area contributed by atoms with E-state index in [-0.39, 0.29) is 18.8 Å². The minimum atomic E-state index is -3.87. The molecule has 0 bridgehead atoms. The molecule has 0 aromatic heterocycles. The van der Waals surface area contributed by atoms with Gasteiger partial charge in [0.25, 0.3) is 0 Å². The third kappa shape index (κ3) is 5.22. The second kappa shape index (κ2) is 9.05. The quantitative estimate of drug-likeness (QED) is 0.682. The fraction of sp³-hybridized carbons (Fsp3) is 0.350. The molecule has 0 aliphatic carbocycles. The Kier molecular flexibility index (Phi) is 7.01. The third-order valence-corrected chi connectivity index (χ3v) is 5.62. The van der Waals surface area contributed by atoms with Crippen molar-refractivity contribution < 1.29 is 22.3 Å². The number of sulfonamides is 1. The maximum Gasteiger partial charge on any atom is 0.243 e. The number of halogens is 1. The fourth-order valence-corrected chi connectivity index (χ4v) is 3.95. The Balaban J connectivity index is 2.02. The van der Waals surface area contributed by atoms with Gasteiger partial charge in [0.1, 0.15) is 24.2 Å². The number of benzene rings is 2. The van der Waals surface area contributed by atoms with Crippen LogP contribution in [-0.4, -0.2) is 39.8 Å². The van der Waals surface area contributed by atoms with E-state index in [9.17, 15) is 17.6 Å². The summed E-state index contributed by atoms with van der Waals surface area (Å²) in [6, 6.07) is 10.0. The van der Waals surface area contributed by atoms with E-state index in [1.54, 1.807) is 0 Å². The number of rotatable bonds is 8. The number of aryl methyl sites for hydroxylation is 1. The summed E-state index contributed by atoms with van der Waals surface area (Å²) in [6.45, 7) is 5.75. The van der Waals surface area contributed by atoms with Gasteiger partial charge in [0.05, 0.1) is 18.5 Å². The highest BCUT2D eigenvalue weighted by Crippen LogP contribution is 2.24. The number of para-hydroxylation sites is 1. The van der Waals surface area contributed by atoms with Crippen molar-refractivity contribution in [2.75, 3.05) is 23.7 Å². The number of carbonyl (C=O) groups excluding carboxylic acids is 1. The highest BCUT2D eigenvalue weighted by molar-refractivity contribution is 7.92. The van der Waals surface area contributed by atoms with Crippen molar-refractivity contribution in [2.45, 2.75) is 26.8 Å². The summed E-state index contributed by atoms with van der Waals surface area (Å²) in [5.41, 5.74) is 1.95. The zero-order valence-electron chi connectivity index (χ0n) is 16.4. The number of ether oxygens (including phenoxy) is 1. The summed E-state index contributed by atoms with van der Waals surface area (Å²) >= 11 is 0. The Morgan fingerprint density at radius 3 is 2.50 bits per heavy atom. The van der Waals surface area contributed by atoms with Crippen molar-refractivity contribution in [1.29, 1.82) is 0 Å². The molecule has 1 amide bonds. The molecule has 28 heavy (non-hydrogen) atoms. The Labute approximate surface area is 165 Å². The van der Waals surface area contributed by atoms with Crippen LogP contribution >= 0.6 is 0 Å². The first-order valence-electron chi connectivity index (χ1n) is 8.83. The van der Waals surface area contributed by atoms with Gasteiger partial charge in [-0.1, -0.05) is 24.3 Å². The van der Waals surface area contributed by atoms with Crippen molar-refractivity contribution in [2.24, 2.45) is 0 Å². The molecule has 2 rings (SSSR count). The van der Waals surface area contributed by atoms with Gasteiger partial charge >= 0.3 is 0 Å². The number of carbonyl (C=O) groups is 1. The minimum Gasteiger partial charge on any atom is -0.491 e. The van der Waals surface area contributed by atoms with E-state index in [0.29, 0.717) is 0 Å². The number of anilines is 1. The molecule has 2 aromatic carbocycles. The van der Waals surface area contributed by atoms with Crippen LogP contribution in [-0.2, 0) is 14.8 Å². The topological polar surface area (TPSA) is 75.7 Å². The van der Waals surface area contributed by atoms with Crippen LogP contribution in [0, 0.1) is 19.7 Å². The summed E-state index contributed by atoms with van der Waals surface area (Å²) in [4.78, 5) is 12.5. The number of nitrogens with one attached hydrogen (secondary N) is 1. The zero-order valence-corrected chi connectivity index (χ0v) is 17.2. The van der Waals surface area contributed by atoms with Crippen LogP contribution in [0.2, 0.25) is 0 Å². The van der Waals surface area contributed by atoms with Crippen LogP contribution in [0.1, 0.15) is 18.1 Å². The van der Waals surface area contributed by atoms with E-state index in [1.807, 2.05) is 32.0 Å². The summed E-state index contributed by atoms with van der Waals surface area (Å²) in [6.07, 6.45) is 0.937. The lowest BCUT2D eigenvalue weighted by molar-refractivity contribution is -0.121. The molecule has 6 nitrogen and oxygen atoms in total. The van der Waals surface area contributed by atoms with E-state index >= 15 is 0 Å². The van der Waals surface area contributed by atoms with E-state index in [1.165, 1.54) is 25.1 Å². The minimum absolute atomic E-state index is 0.167. The number of hydrogen-bond donors (Lipinski definition) is 1. The van der Waals surface area contributed by atoms with Crippen LogP contribution in [0.3, 0.4) is 0 Å². The molecule has 0 aliphatic rings. The lowest BCUT2D eigenvalue weighted by Crippen LogP contribution is -2.48. The van der Waals surface area contributed by atoms with Crippen LogP contribution in [0.5, 0.6) is 5.75 Å². The van der Waals surface area contributed by atoms with Gasteiger partial charge in [-0.2, -0.15) is 0 Å². The smallest absolute Gasteiger partial charge is 0.243 e. The second-order valence-corrected chi connectivity index (χ2v) is 8.38. The molecule has 0 radical (unpaired) electrons. The van der Waals surface area contributed by atoms with Crippen molar-refractivity contribution in [3.05, 3.63) is 59.4 Å². The maximum atomic E-state index is 14.1. The maximum absolute atomic E-state index is 14.1. The molecule has 0 heterocycles. The molecule has 152 valence electrons. The van der Waals surface area contributed by atoms with Gasteiger partial charge in [-0.25, -0.2) is 12.8 Å². The molecule has 1 N–H and O–H groups in total. The molecule has 0 saturated heterocycles. The first kappa shape index (κ1) is 21.7. The lowest BCUT2D eigenvalue weighted by atomic mass is 10.1. The Morgan fingerprint density at radius 1 is 1.18 bits per heavy atom. The summed E-state index contributed by atoms with van der Waals surface area (Å²) < 4.78 is 44.9. The van der Waals surface area contributed by atoms with Crippen molar-refractivity contribution in [3.63, 3.8) is 0 Å². The van der Waals surface area contributed by atoms with Gasteiger partial charge in [0, 0.05) is 0 Å². The summed E-state index contributed by atoms with van der Waals surface area (Å²) in [7, 11) is -3.87. The predicted octanol–water partition coefficient (Wildman–Crippen LogP) is 2.79. The van der Waals surface area contributed by atoms with Crippen LogP contribution in [0.15, 0.2) is 42.5 Å². The van der Waals surface area contributed by atoms with Crippen LogP contribution in [0.25, 0.3) is 0 Å². The van der Waals surface area contributed by atoms with Gasteiger partial charge < -0.3 is 10.1 Å². The lowest BCUT2D eigenvalue weighted by Gasteiger charge is -2.28. The Bertz CT molecular complexity index is 947. The summed E-state index contributed by atoms with van der Waals surface area (Å²) in [5, 5.41) is 2.64. The third-order valence-electron chi connectivity index (χ3n) is 4.39. The zero-order chi connectivity index (χ0) is 20.9. The first-order chi connectivity index (χ1) is 13.1. The van der Waals surface area contributed by atoms with Crippen LogP contribution < -0.4 is 14.4 Å². The average Bonchev–Trinajstić information content (AvgIpc) is 2.62. The van der Waals surface area contributed by atoms with Gasteiger partial charge in [-0.15, -0.1) is 0 Å². The number of hydrogen-bond acceptors (Lipinski definition) is 4. The first-order valence-corrected chi connectivity index (χ1v) is 10.7. The molecule has 0 aliphatic heterocycles. The van der Waals surface area contributed by atoms with E-state index < -0.39 is 27.8 Å². The van der Waals surface area contributed by atoms with Gasteiger partial charge in [-0.05, 0) is 50.1 Å². The molecule has 1 atom stereocenters. The largest absolute Gasteiger partial charge is 0.491 e. The van der Waals surface area contributed by atoms with Gasteiger partial charge in [-0.3, -0.25) is 9.10 Å². The van der Waals surface area contributed by atoms with Gasteiger partial charge in [0.15, 0.2) is 0 Å². The van der Waals surface area contributed by atoms with Crippen LogP contribution in [0.4, 0.5) is 10.1 Å². The SMILES string of the molecule is Cc1cccc(OCCNC(=O)[C@@H](C)N(c2ccccc2F)S(C)(=O)=O)c1C. The monoisotopic (exact) mass is 408 g/mol. The van der Waals surface area contributed by atoms with Crippen molar-refractivity contribution in [3.8, 4) is 5.75 Å². The average molecular weight is 408 g/mol. The van der Waals surface area contributed by atoms with E-state index in [4.69, 9.17) is 4.74 Å². The molecule has 2 aromatic rings. The van der Waals surface area contributed by atoms with Crippen molar-refractivity contribution in [1.82, 2.24) is 5.32 Å². The van der Waals surface area contributed by atoms with Crippen molar-refractivity contribution >= 4 is 21.6 Å². The number of amides is 1. The molecule has 0 unspecified atom stereocenters. The number of nitrogens with zero attached hydrogens (tertiary/aromatic N) is 1. The van der Waals surface area contributed by atoms with E-state index in [0.717, 1.165) is 33.5 Å². The second-order valence-electron chi connectivity index (χ2n) is 6.52. The molecular weight excluding hydrogens is 383 g/mol. The Morgan fingerprint density at radius 2 is 1.86 bits per heavy atom. The Hall–Kier alpha value is -2.61. The van der Waals surface area contributed by atoms with E-state index in [2.05, 4.69) is 5.32 Å². The molecule has 0 saturated carbocycles. The standard InChI is InChI=1S/C20H25FN2O4S/c1-14-8-7-11-19(15(14)2)27-13-12-22-20(24)16(3)23(28(4,25)26)18-10-6-5-9-17(18)21/h5-11,16H,12-13H2,1-4H3,(H,22,24)/t16-/m1/s1.